The van der Waals surface area contributed by atoms with Crippen LogP contribution in [0.15, 0.2) is 59.0 Å². The van der Waals surface area contributed by atoms with Gasteiger partial charge in [-0.05, 0) is 37.0 Å². The van der Waals surface area contributed by atoms with Crippen molar-refractivity contribution in [2.45, 2.75) is 38.0 Å². The molecule has 1 saturated carbocycles. The number of hydrogen-bond acceptors (Lipinski definition) is 1. The number of hydrogen-bond donors (Lipinski definition) is 0. The highest BCUT2D eigenvalue weighted by atomic mass is 16.3. The van der Waals surface area contributed by atoms with Crippen LogP contribution in [0.5, 0.6) is 0 Å². The molecule has 0 amide bonds. The number of aryl methyl sites for hydroxylation is 1. The molecule has 3 aromatic carbocycles. The van der Waals surface area contributed by atoms with E-state index >= 15 is 0 Å². The van der Waals surface area contributed by atoms with Gasteiger partial charge in [0.25, 0.3) is 0 Å². The Hall–Kier alpha value is -2.74. The maximum Gasteiger partial charge on any atom is 0.141 e. The number of rotatable bonds is 1. The molecule has 0 bridgehead atoms. The number of fused-ring (bicyclic) bond motifs is 6. The zero-order valence-corrected chi connectivity index (χ0v) is 15.7. The normalized spacial score (nSPS) is 16.2. The molecule has 0 atom stereocenters. The largest absolute Gasteiger partial charge is 0.456 e. The molecule has 2 heteroatoms. The minimum Gasteiger partial charge on any atom is -0.456 e. The topological polar surface area (TPSA) is 18.1 Å². The second kappa shape index (κ2) is 5.63. The van der Waals surface area contributed by atoms with Gasteiger partial charge in [-0.2, -0.15) is 0 Å². The molecule has 0 unspecified atom stereocenters. The fourth-order valence-corrected chi connectivity index (χ4v) is 5.33. The fourth-order valence-electron chi connectivity index (χ4n) is 5.33. The average molecular weight is 353 g/mol. The second-order valence-electron chi connectivity index (χ2n) is 8.07. The third-order valence-electron chi connectivity index (χ3n) is 6.58. The Morgan fingerprint density at radius 2 is 1.56 bits per heavy atom. The lowest BCUT2D eigenvalue weighted by atomic mass is 9.82. The van der Waals surface area contributed by atoms with Crippen molar-refractivity contribution in [3.8, 4) is 0 Å². The Kier molecular flexibility index (Phi) is 3.19. The fraction of sp³-hybridized carbons (Fsp3) is 0.280. The van der Waals surface area contributed by atoms with Crippen molar-refractivity contribution in [3.63, 3.8) is 0 Å². The number of benzene rings is 3. The van der Waals surface area contributed by atoms with E-state index in [0.717, 1.165) is 11.2 Å². The van der Waals surface area contributed by atoms with E-state index in [-0.39, 0.29) is 0 Å². The van der Waals surface area contributed by atoms with Crippen molar-refractivity contribution in [1.82, 2.24) is 4.57 Å². The lowest BCUT2D eigenvalue weighted by Gasteiger charge is -2.23. The maximum atomic E-state index is 6.48. The van der Waals surface area contributed by atoms with Crippen molar-refractivity contribution >= 4 is 43.7 Å². The average Bonchev–Trinajstić information content (AvgIpc) is 3.23. The molecular weight excluding hydrogens is 330 g/mol. The van der Waals surface area contributed by atoms with Gasteiger partial charge in [0, 0.05) is 39.7 Å². The van der Waals surface area contributed by atoms with E-state index in [9.17, 15) is 0 Å². The van der Waals surface area contributed by atoms with E-state index in [1.54, 1.807) is 0 Å². The van der Waals surface area contributed by atoms with Crippen LogP contribution in [0.3, 0.4) is 0 Å². The molecule has 1 aliphatic rings. The van der Waals surface area contributed by atoms with Gasteiger partial charge in [-0.3, -0.25) is 0 Å². The number of para-hydroxylation sites is 2. The van der Waals surface area contributed by atoms with Crippen molar-refractivity contribution in [2.24, 2.45) is 7.05 Å². The van der Waals surface area contributed by atoms with Crippen LogP contribution in [0, 0.1) is 0 Å². The van der Waals surface area contributed by atoms with Crippen LogP contribution in [0.2, 0.25) is 0 Å². The first-order valence-electron chi connectivity index (χ1n) is 10.1. The van der Waals surface area contributed by atoms with Crippen LogP contribution in [0.4, 0.5) is 0 Å². The van der Waals surface area contributed by atoms with Gasteiger partial charge in [-0.15, -0.1) is 0 Å². The van der Waals surface area contributed by atoms with Crippen LogP contribution < -0.4 is 0 Å². The number of nitrogens with zero attached hydrogens (tertiary/aromatic N) is 1. The van der Waals surface area contributed by atoms with Gasteiger partial charge in [0.2, 0.25) is 0 Å². The minimum atomic E-state index is 0.591. The van der Waals surface area contributed by atoms with Gasteiger partial charge in [0.1, 0.15) is 11.2 Å². The van der Waals surface area contributed by atoms with Crippen molar-refractivity contribution in [3.05, 3.63) is 60.2 Å². The highest BCUT2D eigenvalue weighted by Gasteiger charge is 2.26. The van der Waals surface area contributed by atoms with E-state index < -0.39 is 0 Å². The van der Waals surface area contributed by atoms with E-state index in [4.69, 9.17) is 4.42 Å². The highest BCUT2D eigenvalue weighted by molar-refractivity contribution is 6.18. The third kappa shape index (κ3) is 2.07. The number of furan rings is 1. The summed E-state index contributed by atoms with van der Waals surface area (Å²) in [7, 11) is 2.21. The van der Waals surface area contributed by atoms with Crippen LogP contribution in [0.1, 0.15) is 43.6 Å². The molecule has 0 aliphatic heterocycles. The Balaban J connectivity index is 1.85. The second-order valence-corrected chi connectivity index (χ2v) is 8.07. The smallest absolute Gasteiger partial charge is 0.141 e. The summed E-state index contributed by atoms with van der Waals surface area (Å²) in [5, 5.41) is 5.22. The lowest BCUT2D eigenvalue weighted by molar-refractivity contribution is 0.443. The van der Waals surface area contributed by atoms with Gasteiger partial charge >= 0.3 is 0 Å². The zero-order chi connectivity index (χ0) is 18.0. The highest BCUT2D eigenvalue weighted by Crippen LogP contribution is 2.45. The Morgan fingerprint density at radius 1 is 0.815 bits per heavy atom. The molecule has 1 aliphatic carbocycles. The molecule has 0 saturated heterocycles. The van der Waals surface area contributed by atoms with Crippen LogP contribution >= 0.6 is 0 Å². The summed E-state index contributed by atoms with van der Waals surface area (Å²) in [5.41, 5.74) is 6.24. The van der Waals surface area contributed by atoms with Crippen molar-refractivity contribution < 1.29 is 4.42 Å². The zero-order valence-electron chi connectivity index (χ0n) is 15.7. The first-order valence-corrected chi connectivity index (χ1v) is 10.1. The van der Waals surface area contributed by atoms with Gasteiger partial charge < -0.3 is 8.98 Å². The standard InChI is InChI=1S/C25H23NO/c1-26-21-13-7-5-11-17(21)19-15-20-18-12-6-8-14-22(18)27-25(20)23(24(19)26)16-9-3-2-4-10-16/h5-8,11-16H,2-4,9-10H2,1H3. The van der Waals surface area contributed by atoms with E-state index in [1.807, 2.05) is 0 Å². The van der Waals surface area contributed by atoms with Gasteiger partial charge in [0.15, 0.2) is 0 Å². The van der Waals surface area contributed by atoms with Crippen LogP contribution in [-0.2, 0) is 7.05 Å². The van der Waals surface area contributed by atoms with Crippen LogP contribution in [0.25, 0.3) is 43.7 Å². The minimum absolute atomic E-state index is 0.591. The molecule has 27 heavy (non-hydrogen) atoms. The summed E-state index contributed by atoms with van der Waals surface area (Å²) in [5.74, 6) is 0.591. The number of aromatic nitrogens is 1. The summed E-state index contributed by atoms with van der Waals surface area (Å²) >= 11 is 0. The molecule has 134 valence electrons. The molecule has 6 rings (SSSR count). The molecule has 0 N–H and O–H groups in total. The summed E-state index contributed by atoms with van der Waals surface area (Å²) in [6.07, 6.45) is 6.56. The monoisotopic (exact) mass is 353 g/mol. The SMILES string of the molecule is Cn1c2ccccc2c2cc3c(oc4ccccc43)c(C3CCCCC3)c21. The van der Waals surface area contributed by atoms with E-state index in [1.165, 1.54) is 70.2 Å². The molecule has 0 radical (unpaired) electrons. The molecular formula is C25H23NO. The summed E-state index contributed by atoms with van der Waals surface area (Å²) < 4.78 is 8.87. The third-order valence-corrected chi connectivity index (χ3v) is 6.58. The molecule has 1 fully saturated rings. The van der Waals surface area contributed by atoms with Gasteiger partial charge in [-0.25, -0.2) is 0 Å². The van der Waals surface area contributed by atoms with Gasteiger partial charge in [-0.1, -0.05) is 55.7 Å². The molecule has 5 aromatic rings. The molecule has 0 spiro atoms. The van der Waals surface area contributed by atoms with Crippen LogP contribution in [-0.4, -0.2) is 4.57 Å². The quantitative estimate of drug-likeness (QED) is 0.310. The van der Waals surface area contributed by atoms with E-state index in [0.29, 0.717) is 5.92 Å². The first-order chi connectivity index (χ1) is 13.3. The first kappa shape index (κ1) is 15.3. The molecule has 2 heterocycles. The van der Waals surface area contributed by atoms with Gasteiger partial charge in [0.05, 0.1) is 5.52 Å². The van der Waals surface area contributed by atoms with Crippen molar-refractivity contribution in [1.29, 1.82) is 0 Å². The summed E-state index contributed by atoms with van der Waals surface area (Å²) in [6, 6.07) is 19.6. The Morgan fingerprint density at radius 3 is 2.41 bits per heavy atom. The Labute approximate surface area is 158 Å². The predicted octanol–water partition coefficient (Wildman–Crippen LogP) is 7.28. The summed E-state index contributed by atoms with van der Waals surface area (Å²) in [6.45, 7) is 0. The lowest BCUT2D eigenvalue weighted by Crippen LogP contribution is -2.07. The molecule has 2 aromatic heterocycles. The van der Waals surface area contributed by atoms with Crippen molar-refractivity contribution in [2.75, 3.05) is 0 Å². The maximum absolute atomic E-state index is 6.48. The van der Waals surface area contributed by atoms with E-state index in [2.05, 4.69) is 66.2 Å². The predicted molar refractivity (Wildman–Crippen MR) is 114 cm³/mol. The summed E-state index contributed by atoms with van der Waals surface area (Å²) in [4.78, 5) is 0. The molecule has 2 nitrogen and oxygen atoms in total. The Bertz CT molecular complexity index is 1310.